The van der Waals surface area contributed by atoms with Gasteiger partial charge in [0.05, 0.1) is 11.6 Å². The molecular formula is C30H31ClN3O7+. The largest absolute Gasteiger partial charge is 0.478 e. The molecule has 1 fully saturated rings. The van der Waals surface area contributed by atoms with Gasteiger partial charge in [-0.05, 0) is 29.8 Å². The minimum Gasteiger partial charge on any atom is -0.478 e. The molecule has 2 heterocycles. The smallest absolute Gasteiger partial charge is 0.336 e. The quantitative estimate of drug-likeness (QED) is 0.218. The van der Waals surface area contributed by atoms with Crippen LogP contribution in [-0.4, -0.2) is 62.1 Å². The van der Waals surface area contributed by atoms with Crippen LogP contribution in [0.2, 0.25) is 0 Å². The Balaban J connectivity index is 0.000000326. The van der Waals surface area contributed by atoms with Crippen LogP contribution in [0.4, 0.5) is 5.69 Å². The second-order valence-electron chi connectivity index (χ2n) is 9.64. The van der Waals surface area contributed by atoms with Gasteiger partial charge in [-0.1, -0.05) is 18.2 Å². The maximum atomic E-state index is 11.9. The molecule has 11 heteroatoms. The molecule has 5 rings (SSSR count). The molecule has 10 nitrogen and oxygen atoms in total. The van der Waals surface area contributed by atoms with Crippen molar-refractivity contribution in [2.45, 2.75) is 19.8 Å². The molecular weight excluding hydrogens is 550 g/mol. The van der Waals surface area contributed by atoms with Gasteiger partial charge in [0.25, 0.3) is 11.8 Å². The first-order chi connectivity index (χ1) is 19.0. The van der Waals surface area contributed by atoms with Crippen molar-refractivity contribution in [1.82, 2.24) is 9.64 Å². The van der Waals surface area contributed by atoms with Crippen LogP contribution in [0.3, 0.4) is 0 Å². The summed E-state index contributed by atoms with van der Waals surface area (Å²) in [6, 6.07) is 19.1. The fourth-order valence-corrected chi connectivity index (χ4v) is 4.39. The number of rotatable bonds is 4. The number of fused-ring (bicyclic) bond motifs is 2. The lowest BCUT2D eigenvalue weighted by molar-refractivity contribution is -0.195. The van der Waals surface area contributed by atoms with Gasteiger partial charge < -0.3 is 19.3 Å². The third-order valence-corrected chi connectivity index (χ3v) is 6.37. The van der Waals surface area contributed by atoms with Crippen molar-refractivity contribution in [2.24, 2.45) is 0 Å². The van der Waals surface area contributed by atoms with Crippen molar-refractivity contribution in [1.29, 1.82) is 0 Å². The van der Waals surface area contributed by atoms with Crippen LogP contribution in [0.15, 0.2) is 65.1 Å². The highest BCUT2D eigenvalue weighted by molar-refractivity contribution is 6.07. The molecule has 0 atom stereocenters. The number of benzene rings is 3. The van der Waals surface area contributed by atoms with E-state index >= 15 is 0 Å². The van der Waals surface area contributed by atoms with E-state index in [1.54, 1.807) is 12.1 Å². The second-order valence-corrected chi connectivity index (χ2v) is 9.64. The van der Waals surface area contributed by atoms with Gasteiger partial charge in [-0.3, -0.25) is 9.59 Å². The van der Waals surface area contributed by atoms with Crippen molar-refractivity contribution in [2.75, 3.05) is 33.1 Å². The van der Waals surface area contributed by atoms with Crippen molar-refractivity contribution in [3.05, 3.63) is 71.6 Å². The van der Waals surface area contributed by atoms with E-state index in [1.807, 2.05) is 86.2 Å². The fourth-order valence-electron chi connectivity index (χ4n) is 4.39. The first-order valence-corrected chi connectivity index (χ1v) is 12.5. The standard InChI is InChI=1S/C24H22N2O3.C6H7NO4.ClH/c1-25(2)15-9-11-19-21(13-15)29-22-14-16(26(3)4)10-12-20(22)23(19)17-7-5-6-8-18(17)24(27)28;1-4(8)11-7-5(9)2-3-6(7)10;/h5-14H,1-4H3;2-3H2,1H3;1H/p+1. The second kappa shape index (κ2) is 12.6. The summed E-state index contributed by atoms with van der Waals surface area (Å²) in [7, 11) is 7.92. The van der Waals surface area contributed by atoms with Crippen LogP contribution in [-0.2, 0) is 19.2 Å². The first-order valence-electron chi connectivity index (χ1n) is 12.5. The fraction of sp³-hybridized carbons (Fsp3) is 0.233. The Labute approximate surface area is 242 Å². The van der Waals surface area contributed by atoms with Crippen LogP contribution >= 0.6 is 12.4 Å². The third-order valence-electron chi connectivity index (χ3n) is 6.37. The van der Waals surface area contributed by atoms with Gasteiger partial charge in [0.1, 0.15) is 25.4 Å². The minimum absolute atomic E-state index is 0. The normalized spacial score (nSPS) is 12.5. The number of anilines is 1. The molecule has 214 valence electrons. The van der Waals surface area contributed by atoms with Gasteiger partial charge in [0.15, 0.2) is 0 Å². The Bertz CT molecular complexity index is 1670. The van der Waals surface area contributed by atoms with Crippen molar-refractivity contribution >= 4 is 52.8 Å². The molecule has 2 amide bonds. The average molecular weight is 581 g/mol. The Morgan fingerprint density at radius 2 is 1.61 bits per heavy atom. The molecule has 3 aliphatic rings. The van der Waals surface area contributed by atoms with E-state index in [0.29, 0.717) is 10.6 Å². The molecule has 0 spiro atoms. The van der Waals surface area contributed by atoms with Crippen LogP contribution in [0.1, 0.15) is 30.1 Å². The number of imide groups is 1. The highest BCUT2D eigenvalue weighted by Crippen LogP contribution is 2.41. The highest BCUT2D eigenvalue weighted by atomic mass is 35.5. The summed E-state index contributed by atoms with van der Waals surface area (Å²) in [4.78, 5) is 50.1. The molecule has 1 N–H and O–H groups in total. The molecule has 0 aromatic heterocycles. The van der Waals surface area contributed by atoms with Crippen LogP contribution < -0.4 is 14.8 Å². The zero-order chi connectivity index (χ0) is 29.1. The Morgan fingerprint density at radius 3 is 2.20 bits per heavy atom. The average Bonchev–Trinajstić information content (AvgIpc) is 3.23. The zero-order valence-electron chi connectivity index (χ0n) is 23.3. The predicted molar refractivity (Wildman–Crippen MR) is 157 cm³/mol. The van der Waals surface area contributed by atoms with E-state index in [-0.39, 0.29) is 30.8 Å². The molecule has 2 aromatic rings. The number of carbonyl (C=O) groups is 4. The summed E-state index contributed by atoms with van der Waals surface area (Å²) < 4.78 is 8.30. The zero-order valence-corrected chi connectivity index (χ0v) is 24.2. The summed E-state index contributed by atoms with van der Waals surface area (Å²) in [5.74, 6) is -1.80. The number of carbonyl (C=O) groups excluding carboxylic acids is 3. The van der Waals surface area contributed by atoms with Gasteiger partial charge in [-0.25, -0.2) is 14.2 Å². The monoisotopic (exact) mass is 580 g/mol. The number of carboxylic acids is 1. The lowest BCUT2D eigenvalue weighted by atomic mass is 9.90. The topological polar surface area (TPSA) is 120 Å². The number of amides is 2. The molecule has 1 saturated heterocycles. The van der Waals surface area contributed by atoms with Gasteiger partial charge in [0.2, 0.25) is 5.36 Å². The first kappa shape index (κ1) is 30.8. The number of nitrogens with zero attached hydrogens (tertiary/aromatic N) is 3. The molecule has 41 heavy (non-hydrogen) atoms. The Kier molecular flexibility index (Phi) is 9.51. The summed E-state index contributed by atoms with van der Waals surface area (Å²) in [6.07, 6.45) is 0.262. The Morgan fingerprint density at radius 1 is 0.951 bits per heavy atom. The minimum atomic E-state index is -0.947. The molecule has 0 bridgehead atoms. The summed E-state index contributed by atoms with van der Waals surface area (Å²) in [5, 5.41) is 12.2. The number of hydroxylamine groups is 2. The van der Waals surface area contributed by atoms with E-state index in [4.69, 9.17) is 4.42 Å². The van der Waals surface area contributed by atoms with Crippen LogP contribution in [0, 0.1) is 0 Å². The maximum absolute atomic E-state index is 11.9. The number of hydrogen-bond donors (Lipinski definition) is 1. The summed E-state index contributed by atoms with van der Waals surface area (Å²) >= 11 is 0. The third kappa shape index (κ3) is 6.55. The van der Waals surface area contributed by atoms with Crippen molar-refractivity contribution in [3.63, 3.8) is 0 Å². The molecule has 0 radical (unpaired) electrons. The molecule has 0 saturated carbocycles. The van der Waals surface area contributed by atoms with E-state index in [9.17, 15) is 24.3 Å². The Hall–Kier alpha value is -4.70. The number of aromatic carboxylic acids is 1. The van der Waals surface area contributed by atoms with Gasteiger partial charge >= 0.3 is 11.9 Å². The number of hydrogen-bond acceptors (Lipinski definition) is 7. The number of carboxylic acid groups (broad SMARTS) is 1. The van der Waals surface area contributed by atoms with Crippen LogP contribution in [0.25, 0.3) is 33.4 Å². The highest BCUT2D eigenvalue weighted by Gasteiger charge is 2.31. The molecule has 0 unspecified atom stereocenters. The van der Waals surface area contributed by atoms with Gasteiger partial charge in [-0.15, -0.1) is 17.5 Å². The van der Waals surface area contributed by atoms with E-state index in [1.165, 1.54) is 0 Å². The summed E-state index contributed by atoms with van der Waals surface area (Å²) in [6.45, 7) is 1.14. The lowest BCUT2D eigenvalue weighted by Gasteiger charge is -2.18. The summed E-state index contributed by atoms with van der Waals surface area (Å²) in [5.41, 5.74) is 4.44. The van der Waals surface area contributed by atoms with Crippen molar-refractivity contribution < 1.29 is 33.5 Å². The maximum Gasteiger partial charge on any atom is 0.336 e. The lowest BCUT2D eigenvalue weighted by Crippen LogP contribution is -2.30. The van der Waals surface area contributed by atoms with Gasteiger partial charge in [-0.2, -0.15) is 0 Å². The SMILES string of the molecule is CC(=O)ON1C(=O)CCC1=O.CN(C)c1ccc2c(-c3ccccc3C(=O)O)c3ccc(=[N+](C)C)cc-3oc2c1.Cl. The van der Waals surface area contributed by atoms with E-state index < -0.39 is 23.8 Å². The van der Waals surface area contributed by atoms with E-state index in [0.717, 1.165) is 45.8 Å². The van der Waals surface area contributed by atoms with E-state index in [2.05, 4.69) is 4.84 Å². The predicted octanol–water partition coefficient (Wildman–Crippen LogP) is 4.04. The van der Waals surface area contributed by atoms with Gasteiger partial charge in [0, 0.05) is 68.2 Å². The molecule has 2 aliphatic heterocycles. The molecule has 2 aromatic carbocycles. The van der Waals surface area contributed by atoms with Crippen LogP contribution in [0.5, 0.6) is 0 Å². The number of halogens is 1. The van der Waals surface area contributed by atoms with Crippen molar-refractivity contribution in [3.8, 4) is 22.5 Å². The molecule has 1 aliphatic carbocycles.